The number of amides is 1. The van der Waals surface area contributed by atoms with E-state index in [1.54, 1.807) is 11.7 Å². The van der Waals surface area contributed by atoms with Crippen LogP contribution >= 0.6 is 27.3 Å². The molecule has 1 rings (SSSR count). The summed E-state index contributed by atoms with van der Waals surface area (Å²) in [5.41, 5.74) is 1.69. The van der Waals surface area contributed by atoms with Gasteiger partial charge in [0.1, 0.15) is 4.88 Å². The van der Waals surface area contributed by atoms with Crippen LogP contribution in [0.4, 0.5) is 0 Å². The number of hydrogen-bond donors (Lipinski definition) is 0. The minimum Gasteiger partial charge on any atom is -0.338 e. The van der Waals surface area contributed by atoms with Gasteiger partial charge in [0.05, 0.1) is 11.7 Å². The molecule has 0 radical (unpaired) electrons. The van der Waals surface area contributed by atoms with Crippen LogP contribution in [0.3, 0.4) is 0 Å². The number of hydrogen-bond acceptors (Lipinski definition) is 3. The lowest BCUT2D eigenvalue weighted by atomic mass is 10.3. The third kappa shape index (κ3) is 3.06. The van der Waals surface area contributed by atoms with Gasteiger partial charge in [0.2, 0.25) is 0 Å². The van der Waals surface area contributed by atoms with Gasteiger partial charge in [-0.15, -0.1) is 11.3 Å². The van der Waals surface area contributed by atoms with Gasteiger partial charge in [-0.3, -0.25) is 9.78 Å². The Balaban J connectivity index is 2.56. The van der Waals surface area contributed by atoms with E-state index >= 15 is 0 Å². The van der Waals surface area contributed by atoms with E-state index < -0.39 is 0 Å². The summed E-state index contributed by atoms with van der Waals surface area (Å²) in [5.74, 6) is 0.0935. The highest BCUT2D eigenvalue weighted by Crippen LogP contribution is 2.10. The lowest BCUT2D eigenvalue weighted by molar-refractivity contribution is 0.0769. The standard InChI is InChI=1S/C9H13BrN2OS/c1-2-12(5-3-4-10)9(13)8-6-11-7-14-8/h6-7H,2-5H2,1H3. The molecule has 0 saturated carbocycles. The molecule has 1 amide bonds. The first-order valence-electron chi connectivity index (χ1n) is 4.53. The zero-order valence-electron chi connectivity index (χ0n) is 8.07. The first-order valence-corrected chi connectivity index (χ1v) is 6.53. The SMILES string of the molecule is CCN(CCCBr)C(=O)c1cncs1. The van der Waals surface area contributed by atoms with E-state index in [4.69, 9.17) is 0 Å². The predicted molar refractivity (Wildman–Crippen MR) is 62.1 cm³/mol. The second-order valence-corrected chi connectivity index (χ2v) is 4.47. The molecular formula is C9H13BrN2OS. The molecule has 0 atom stereocenters. The van der Waals surface area contributed by atoms with Crippen LogP contribution in [0.25, 0.3) is 0 Å². The van der Waals surface area contributed by atoms with Crippen LogP contribution in [0, 0.1) is 0 Å². The average molecular weight is 277 g/mol. The quantitative estimate of drug-likeness (QED) is 0.774. The lowest BCUT2D eigenvalue weighted by Crippen LogP contribution is -2.31. The molecule has 1 heterocycles. The fourth-order valence-electron chi connectivity index (χ4n) is 1.13. The number of nitrogens with zero attached hydrogens (tertiary/aromatic N) is 2. The third-order valence-electron chi connectivity index (χ3n) is 1.87. The van der Waals surface area contributed by atoms with Crippen molar-refractivity contribution in [1.29, 1.82) is 0 Å². The van der Waals surface area contributed by atoms with Crippen molar-refractivity contribution in [2.45, 2.75) is 13.3 Å². The van der Waals surface area contributed by atoms with Gasteiger partial charge in [-0.1, -0.05) is 15.9 Å². The Morgan fingerprint density at radius 2 is 2.50 bits per heavy atom. The number of aromatic nitrogens is 1. The molecule has 1 aromatic heterocycles. The van der Waals surface area contributed by atoms with Crippen LogP contribution in [-0.2, 0) is 0 Å². The molecule has 0 aliphatic heterocycles. The topological polar surface area (TPSA) is 33.2 Å². The largest absolute Gasteiger partial charge is 0.338 e. The van der Waals surface area contributed by atoms with Crippen molar-refractivity contribution < 1.29 is 4.79 Å². The van der Waals surface area contributed by atoms with Crippen molar-refractivity contribution in [2.24, 2.45) is 0 Å². The van der Waals surface area contributed by atoms with Gasteiger partial charge in [0, 0.05) is 18.4 Å². The second-order valence-electron chi connectivity index (χ2n) is 2.79. The number of alkyl halides is 1. The summed E-state index contributed by atoms with van der Waals surface area (Å²) in [7, 11) is 0. The van der Waals surface area contributed by atoms with Crippen LogP contribution in [0.15, 0.2) is 11.7 Å². The van der Waals surface area contributed by atoms with Gasteiger partial charge < -0.3 is 4.90 Å². The molecule has 0 aliphatic rings. The van der Waals surface area contributed by atoms with Gasteiger partial charge in [0.25, 0.3) is 5.91 Å². The molecule has 0 aliphatic carbocycles. The summed E-state index contributed by atoms with van der Waals surface area (Å²) in [6, 6.07) is 0. The first kappa shape index (κ1) is 11.7. The van der Waals surface area contributed by atoms with E-state index in [1.165, 1.54) is 11.3 Å². The molecule has 14 heavy (non-hydrogen) atoms. The molecular weight excluding hydrogens is 264 g/mol. The molecule has 78 valence electrons. The van der Waals surface area contributed by atoms with E-state index in [-0.39, 0.29) is 5.91 Å². The van der Waals surface area contributed by atoms with Crippen molar-refractivity contribution >= 4 is 33.2 Å². The fourth-order valence-corrected chi connectivity index (χ4v) is 1.97. The molecule has 0 aromatic carbocycles. The molecule has 0 spiro atoms. The minimum atomic E-state index is 0.0935. The maximum absolute atomic E-state index is 11.8. The highest BCUT2D eigenvalue weighted by Gasteiger charge is 2.14. The monoisotopic (exact) mass is 276 g/mol. The Morgan fingerprint density at radius 1 is 1.71 bits per heavy atom. The maximum atomic E-state index is 11.8. The van der Waals surface area contributed by atoms with Crippen LogP contribution in [0.1, 0.15) is 23.0 Å². The Bertz CT molecular complexity index is 276. The lowest BCUT2D eigenvalue weighted by Gasteiger charge is -2.19. The first-order chi connectivity index (χ1) is 6.79. The smallest absolute Gasteiger partial charge is 0.265 e. The van der Waals surface area contributed by atoms with E-state index in [9.17, 15) is 4.79 Å². The van der Waals surface area contributed by atoms with Gasteiger partial charge in [-0.25, -0.2) is 0 Å². The van der Waals surface area contributed by atoms with E-state index in [0.717, 1.165) is 29.7 Å². The normalized spacial score (nSPS) is 10.1. The third-order valence-corrected chi connectivity index (χ3v) is 3.20. The van der Waals surface area contributed by atoms with Gasteiger partial charge in [-0.2, -0.15) is 0 Å². The van der Waals surface area contributed by atoms with Crippen molar-refractivity contribution in [2.75, 3.05) is 18.4 Å². The van der Waals surface area contributed by atoms with Gasteiger partial charge >= 0.3 is 0 Å². The molecule has 0 bridgehead atoms. The maximum Gasteiger partial charge on any atom is 0.265 e. The van der Waals surface area contributed by atoms with Crippen molar-refractivity contribution in [3.63, 3.8) is 0 Å². The zero-order valence-corrected chi connectivity index (χ0v) is 10.5. The molecule has 5 heteroatoms. The number of carbonyl (C=O) groups is 1. The number of carbonyl (C=O) groups excluding carboxylic acids is 1. The van der Waals surface area contributed by atoms with Crippen LogP contribution in [0.5, 0.6) is 0 Å². The highest BCUT2D eigenvalue weighted by atomic mass is 79.9. The molecule has 1 aromatic rings. The Kier molecular flexibility index (Phi) is 5.11. The molecule has 0 fully saturated rings. The Labute approximate surface area is 96.3 Å². The van der Waals surface area contributed by atoms with E-state index in [2.05, 4.69) is 20.9 Å². The van der Waals surface area contributed by atoms with Crippen molar-refractivity contribution in [1.82, 2.24) is 9.88 Å². The predicted octanol–water partition coefficient (Wildman–Crippen LogP) is 2.39. The minimum absolute atomic E-state index is 0.0935. The molecule has 3 nitrogen and oxygen atoms in total. The summed E-state index contributed by atoms with van der Waals surface area (Å²) in [6.07, 6.45) is 2.61. The summed E-state index contributed by atoms with van der Waals surface area (Å²) in [6.45, 7) is 3.55. The molecule has 0 N–H and O–H groups in total. The molecule has 0 saturated heterocycles. The van der Waals surface area contributed by atoms with E-state index in [0.29, 0.717) is 0 Å². The van der Waals surface area contributed by atoms with Crippen molar-refractivity contribution in [3.8, 4) is 0 Å². The van der Waals surface area contributed by atoms with Gasteiger partial charge in [-0.05, 0) is 13.3 Å². The average Bonchev–Trinajstić information content (AvgIpc) is 2.71. The van der Waals surface area contributed by atoms with Crippen molar-refractivity contribution in [3.05, 3.63) is 16.6 Å². The summed E-state index contributed by atoms with van der Waals surface area (Å²) in [5, 5.41) is 0.930. The Morgan fingerprint density at radius 3 is 3.00 bits per heavy atom. The summed E-state index contributed by atoms with van der Waals surface area (Å²) < 4.78 is 0. The summed E-state index contributed by atoms with van der Waals surface area (Å²) >= 11 is 4.75. The second kappa shape index (κ2) is 6.14. The fraction of sp³-hybridized carbons (Fsp3) is 0.556. The zero-order chi connectivity index (χ0) is 10.4. The van der Waals surface area contributed by atoms with Crippen LogP contribution < -0.4 is 0 Å². The number of rotatable bonds is 5. The van der Waals surface area contributed by atoms with Crippen LogP contribution in [0.2, 0.25) is 0 Å². The highest BCUT2D eigenvalue weighted by molar-refractivity contribution is 9.09. The Hall–Kier alpha value is -0.420. The van der Waals surface area contributed by atoms with Gasteiger partial charge in [0.15, 0.2) is 0 Å². The molecule has 0 unspecified atom stereocenters. The van der Waals surface area contributed by atoms with E-state index in [1.807, 2.05) is 11.8 Å². The number of halogens is 1. The number of thiazole rings is 1. The van der Waals surface area contributed by atoms with Crippen LogP contribution in [-0.4, -0.2) is 34.2 Å². The summed E-state index contributed by atoms with van der Waals surface area (Å²) in [4.78, 5) is 18.3.